The van der Waals surface area contributed by atoms with Gasteiger partial charge >= 0.3 is 0 Å². The highest BCUT2D eigenvalue weighted by Gasteiger charge is 2.18. The van der Waals surface area contributed by atoms with Crippen LogP contribution in [0.2, 0.25) is 0 Å². The van der Waals surface area contributed by atoms with Crippen molar-refractivity contribution in [3.63, 3.8) is 0 Å². The minimum absolute atomic E-state index is 0.0362. The number of hydrogen-bond donors (Lipinski definition) is 2. The molecule has 1 saturated heterocycles. The van der Waals surface area contributed by atoms with Crippen LogP contribution in [0, 0.1) is 0 Å². The molecule has 0 spiro atoms. The number of anilines is 1. The maximum absolute atomic E-state index is 12.2. The van der Waals surface area contributed by atoms with Crippen molar-refractivity contribution in [1.82, 2.24) is 0 Å². The van der Waals surface area contributed by atoms with Gasteiger partial charge in [-0.1, -0.05) is 18.2 Å². The monoisotopic (exact) mass is 311 g/mol. The van der Waals surface area contributed by atoms with Gasteiger partial charge in [0.2, 0.25) is 0 Å². The fourth-order valence-electron chi connectivity index (χ4n) is 3.07. The van der Waals surface area contributed by atoms with Crippen LogP contribution in [0.15, 0.2) is 46.9 Å². The van der Waals surface area contributed by atoms with Crippen molar-refractivity contribution >= 4 is 33.5 Å². The van der Waals surface area contributed by atoms with E-state index >= 15 is 0 Å². The highest BCUT2D eigenvalue weighted by atomic mass is 16.5. The van der Waals surface area contributed by atoms with E-state index < -0.39 is 0 Å². The average Bonchev–Trinajstić information content (AvgIpc) is 2.94. The fourth-order valence-corrected chi connectivity index (χ4v) is 3.07. The molecule has 23 heavy (non-hydrogen) atoms. The van der Waals surface area contributed by atoms with Crippen molar-refractivity contribution < 1.29 is 18.8 Å². The molecule has 0 radical (unpaired) electrons. The van der Waals surface area contributed by atoms with Crippen molar-refractivity contribution in [2.24, 2.45) is 0 Å². The molecule has 4 rings (SSSR count). The molecule has 1 aliphatic rings. The molecule has 1 aliphatic heterocycles. The molecule has 2 heterocycles. The van der Waals surface area contributed by atoms with Gasteiger partial charge in [-0.15, -0.1) is 0 Å². The highest BCUT2D eigenvalue weighted by molar-refractivity contribution is 6.06. The number of hydrogen-bond acceptors (Lipinski definition) is 3. The number of quaternary nitrogens is 1. The number of furan rings is 1. The molecule has 1 fully saturated rings. The third kappa shape index (κ3) is 2.93. The van der Waals surface area contributed by atoms with Crippen LogP contribution < -0.4 is 10.2 Å². The molecule has 0 unspecified atom stereocenters. The molecular formula is C18H19N2O3+. The number of amides is 1. The Hall–Kier alpha value is -2.37. The Morgan fingerprint density at radius 2 is 1.83 bits per heavy atom. The summed E-state index contributed by atoms with van der Waals surface area (Å²) in [6.07, 6.45) is 0. The quantitative estimate of drug-likeness (QED) is 0.769. The lowest BCUT2D eigenvalue weighted by atomic mass is 10.1. The average molecular weight is 311 g/mol. The summed E-state index contributed by atoms with van der Waals surface area (Å²) < 4.78 is 11.1. The van der Waals surface area contributed by atoms with Crippen LogP contribution in [0.4, 0.5) is 5.69 Å². The van der Waals surface area contributed by atoms with E-state index in [1.165, 1.54) is 4.90 Å². The topological polar surface area (TPSA) is 55.9 Å². The van der Waals surface area contributed by atoms with Gasteiger partial charge in [0.05, 0.1) is 13.2 Å². The Morgan fingerprint density at radius 1 is 1.04 bits per heavy atom. The molecular weight excluding hydrogens is 292 g/mol. The molecule has 0 saturated carbocycles. The second-order valence-corrected chi connectivity index (χ2v) is 5.90. The van der Waals surface area contributed by atoms with Gasteiger partial charge in [-0.05, 0) is 24.3 Å². The van der Waals surface area contributed by atoms with E-state index in [1.54, 1.807) is 0 Å². The number of morpholine rings is 1. The molecule has 118 valence electrons. The SMILES string of the molecule is O=C(C[NH+]1CCOCC1)Nc1ccc2oc3ccccc3c2c1. The molecule has 1 aromatic heterocycles. The molecule has 0 aliphatic carbocycles. The second-order valence-electron chi connectivity index (χ2n) is 5.90. The first-order valence-corrected chi connectivity index (χ1v) is 7.92. The molecule has 2 N–H and O–H groups in total. The van der Waals surface area contributed by atoms with Crippen LogP contribution in [0.1, 0.15) is 0 Å². The predicted molar refractivity (Wildman–Crippen MR) is 88.7 cm³/mol. The van der Waals surface area contributed by atoms with Crippen molar-refractivity contribution in [1.29, 1.82) is 0 Å². The second kappa shape index (κ2) is 6.02. The van der Waals surface area contributed by atoms with E-state index in [0.717, 1.165) is 53.9 Å². The van der Waals surface area contributed by atoms with E-state index in [1.807, 2.05) is 42.5 Å². The van der Waals surface area contributed by atoms with Gasteiger partial charge in [-0.2, -0.15) is 0 Å². The smallest absolute Gasteiger partial charge is 0.279 e. The van der Waals surface area contributed by atoms with Crippen molar-refractivity contribution in [2.75, 3.05) is 38.2 Å². The minimum atomic E-state index is 0.0362. The van der Waals surface area contributed by atoms with E-state index in [2.05, 4.69) is 5.32 Å². The molecule has 5 nitrogen and oxygen atoms in total. The van der Waals surface area contributed by atoms with E-state index in [0.29, 0.717) is 6.54 Å². The lowest BCUT2D eigenvalue weighted by Gasteiger charge is -2.23. The Morgan fingerprint density at radius 3 is 2.70 bits per heavy atom. The number of carbonyl (C=O) groups excluding carboxylic acids is 1. The van der Waals surface area contributed by atoms with E-state index in [-0.39, 0.29) is 5.91 Å². The first-order valence-electron chi connectivity index (χ1n) is 7.92. The number of fused-ring (bicyclic) bond motifs is 3. The Bertz CT molecular complexity index is 850. The number of ether oxygens (including phenoxy) is 1. The summed E-state index contributed by atoms with van der Waals surface area (Å²) in [4.78, 5) is 13.5. The summed E-state index contributed by atoms with van der Waals surface area (Å²) in [6.45, 7) is 3.72. The van der Waals surface area contributed by atoms with Crippen LogP contribution in [-0.2, 0) is 9.53 Å². The van der Waals surface area contributed by atoms with Crippen LogP contribution in [-0.4, -0.2) is 38.8 Å². The standard InChI is InChI=1S/C18H18N2O3/c21-18(12-20-7-9-22-10-8-20)19-13-5-6-17-15(11-13)14-3-1-2-4-16(14)23-17/h1-6,11H,7-10,12H2,(H,19,21)/p+1. The maximum atomic E-state index is 12.2. The zero-order chi connectivity index (χ0) is 15.6. The Balaban J connectivity index is 1.54. The largest absolute Gasteiger partial charge is 0.456 e. The first kappa shape index (κ1) is 14.2. The van der Waals surface area contributed by atoms with Crippen molar-refractivity contribution in [3.8, 4) is 0 Å². The molecule has 1 amide bonds. The predicted octanol–water partition coefficient (Wildman–Crippen LogP) is 1.44. The van der Waals surface area contributed by atoms with Crippen molar-refractivity contribution in [3.05, 3.63) is 42.5 Å². The summed E-state index contributed by atoms with van der Waals surface area (Å²) in [5, 5.41) is 5.09. The minimum Gasteiger partial charge on any atom is -0.456 e. The first-order chi connectivity index (χ1) is 11.3. The maximum Gasteiger partial charge on any atom is 0.279 e. The summed E-state index contributed by atoms with van der Waals surface area (Å²) in [5.41, 5.74) is 2.51. The number of nitrogens with one attached hydrogen (secondary N) is 2. The summed E-state index contributed by atoms with van der Waals surface area (Å²) in [5.74, 6) is 0.0362. The molecule has 5 heteroatoms. The normalized spacial score (nSPS) is 16.0. The third-order valence-corrected chi connectivity index (χ3v) is 4.27. The molecule has 0 bridgehead atoms. The Kier molecular flexibility index (Phi) is 3.73. The molecule has 2 aromatic carbocycles. The van der Waals surface area contributed by atoms with Gasteiger partial charge in [0.1, 0.15) is 24.3 Å². The van der Waals surface area contributed by atoms with Gasteiger partial charge in [0.15, 0.2) is 6.54 Å². The summed E-state index contributed by atoms with van der Waals surface area (Å²) in [7, 11) is 0. The van der Waals surface area contributed by atoms with Crippen molar-refractivity contribution in [2.45, 2.75) is 0 Å². The number of carbonyl (C=O) groups is 1. The summed E-state index contributed by atoms with van der Waals surface area (Å²) >= 11 is 0. The lowest BCUT2D eigenvalue weighted by molar-refractivity contribution is -0.899. The zero-order valence-corrected chi connectivity index (χ0v) is 12.8. The van der Waals surface area contributed by atoms with E-state index in [9.17, 15) is 4.79 Å². The van der Waals surface area contributed by atoms with Gasteiger partial charge < -0.3 is 19.4 Å². The van der Waals surface area contributed by atoms with Gasteiger partial charge in [0.25, 0.3) is 5.91 Å². The van der Waals surface area contributed by atoms with Crippen LogP contribution >= 0.6 is 0 Å². The van der Waals surface area contributed by atoms with Crippen LogP contribution in [0.25, 0.3) is 21.9 Å². The highest BCUT2D eigenvalue weighted by Crippen LogP contribution is 2.30. The summed E-state index contributed by atoms with van der Waals surface area (Å²) in [6, 6.07) is 13.7. The number of para-hydroxylation sites is 1. The lowest BCUT2D eigenvalue weighted by Crippen LogP contribution is -3.15. The third-order valence-electron chi connectivity index (χ3n) is 4.27. The number of benzene rings is 2. The van der Waals surface area contributed by atoms with E-state index in [4.69, 9.17) is 9.15 Å². The molecule has 0 atom stereocenters. The van der Waals surface area contributed by atoms with Gasteiger partial charge in [-0.3, -0.25) is 4.79 Å². The molecule has 3 aromatic rings. The Labute approximate surface area is 133 Å². The number of rotatable bonds is 3. The van der Waals surface area contributed by atoms with Crippen LogP contribution in [0.3, 0.4) is 0 Å². The fraction of sp³-hybridized carbons (Fsp3) is 0.278. The van der Waals surface area contributed by atoms with Crippen LogP contribution in [0.5, 0.6) is 0 Å². The van der Waals surface area contributed by atoms with Gasteiger partial charge in [-0.25, -0.2) is 0 Å². The van der Waals surface area contributed by atoms with Gasteiger partial charge in [0, 0.05) is 16.5 Å². The zero-order valence-electron chi connectivity index (χ0n) is 12.8.